The summed E-state index contributed by atoms with van der Waals surface area (Å²) in [5.74, 6) is 0.288. The van der Waals surface area contributed by atoms with Crippen LogP contribution < -0.4 is 0 Å². The standard InChI is InChI=1S/C11H16O2/c1-9(2)10(3)4-5-11(9,7-12)6-8(10)13/h7H,4-6H2,1-3H3. The molecular formula is C11H16O2. The molecule has 2 bridgehead atoms. The second-order valence-electron chi connectivity index (χ2n) is 5.33. The van der Waals surface area contributed by atoms with Gasteiger partial charge in [0.15, 0.2) is 0 Å². The van der Waals surface area contributed by atoms with Gasteiger partial charge in [-0.25, -0.2) is 0 Å². The maximum absolute atomic E-state index is 11.8. The lowest BCUT2D eigenvalue weighted by atomic mass is 9.66. The molecule has 2 rings (SSSR count). The van der Waals surface area contributed by atoms with E-state index in [1.54, 1.807) is 0 Å². The van der Waals surface area contributed by atoms with Gasteiger partial charge in [-0.05, 0) is 18.3 Å². The van der Waals surface area contributed by atoms with Gasteiger partial charge in [0.2, 0.25) is 0 Å². The van der Waals surface area contributed by atoms with E-state index in [0.717, 1.165) is 19.1 Å². The predicted molar refractivity (Wildman–Crippen MR) is 49.2 cm³/mol. The van der Waals surface area contributed by atoms with E-state index >= 15 is 0 Å². The van der Waals surface area contributed by atoms with Gasteiger partial charge in [-0.1, -0.05) is 20.8 Å². The summed E-state index contributed by atoms with van der Waals surface area (Å²) in [4.78, 5) is 22.9. The molecule has 0 heterocycles. The highest BCUT2D eigenvalue weighted by molar-refractivity contribution is 5.94. The Hall–Kier alpha value is -0.660. The zero-order valence-corrected chi connectivity index (χ0v) is 8.52. The van der Waals surface area contributed by atoms with Crippen molar-refractivity contribution in [3.63, 3.8) is 0 Å². The van der Waals surface area contributed by atoms with Gasteiger partial charge in [-0.2, -0.15) is 0 Å². The second kappa shape index (κ2) is 2.05. The van der Waals surface area contributed by atoms with E-state index in [4.69, 9.17) is 0 Å². The Morgan fingerprint density at radius 2 is 1.85 bits per heavy atom. The van der Waals surface area contributed by atoms with Crippen molar-refractivity contribution in [2.75, 3.05) is 0 Å². The molecular weight excluding hydrogens is 164 g/mol. The first-order valence-electron chi connectivity index (χ1n) is 4.89. The van der Waals surface area contributed by atoms with Gasteiger partial charge < -0.3 is 4.79 Å². The van der Waals surface area contributed by atoms with E-state index in [-0.39, 0.29) is 22.0 Å². The molecule has 2 aliphatic rings. The summed E-state index contributed by atoms with van der Waals surface area (Å²) in [7, 11) is 0. The monoisotopic (exact) mass is 180 g/mol. The minimum absolute atomic E-state index is 0.140. The van der Waals surface area contributed by atoms with Crippen molar-refractivity contribution in [1.29, 1.82) is 0 Å². The van der Waals surface area contributed by atoms with E-state index < -0.39 is 0 Å². The lowest BCUT2D eigenvalue weighted by Crippen LogP contribution is -2.36. The van der Waals surface area contributed by atoms with Crippen LogP contribution in [0.3, 0.4) is 0 Å². The highest BCUT2D eigenvalue weighted by Crippen LogP contribution is 2.69. The first-order valence-corrected chi connectivity index (χ1v) is 4.89. The number of ketones is 1. The number of hydrogen-bond donors (Lipinski definition) is 0. The van der Waals surface area contributed by atoms with Crippen LogP contribution in [0.25, 0.3) is 0 Å². The van der Waals surface area contributed by atoms with Crippen LogP contribution in [-0.4, -0.2) is 12.1 Å². The fourth-order valence-electron chi connectivity index (χ4n) is 3.17. The maximum atomic E-state index is 11.8. The van der Waals surface area contributed by atoms with Gasteiger partial charge in [0, 0.05) is 17.3 Å². The zero-order chi connectivity index (χ0) is 9.91. The fourth-order valence-corrected chi connectivity index (χ4v) is 3.17. The van der Waals surface area contributed by atoms with Crippen LogP contribution in [0.5, 0.6) is 0 Å². The number of hydrogen-bond acceptors (Lipinski definition) is 2. The molecule has 2 atom stereocenters. The third-order valence-corrected chi connectivity index (χ3v) is 5.01. The molecule has 0 saturated heterocycles. The Balaban J connectivity index is 2.59. The van der Waals surface area contributed by atoms with E-state index in [0.29, 0.717) is 6.42 Å². The fraction of sp³-hybridized carbons (Fsp3) is 0.818. The van der Waals surface area contributed by atoms with Crippen molar-refractivity contribution < 1.29 is 9.59 Å². The Morgan fingerprint density at radius 3 is 2.08 bits per heavy atom. The third-order valence-electron chi connectivity index (χ3n) is 5.01. The molecule has 2 heteroatoms. The summed E-state index contributed by atoms with van der Waals surface area (Å²) < 4.78 is 0. The summed E-state index contributed by atoms with van der Waals surface area (Å²) in [6.07, 6.45) is 3.28. The van der Waals surface area contributed by atoms with Crippen molar-refractivity contribution in [3.05, 3.63) is 0 Å². The predicted octanol–water partition coefficient (Wildman–Crippen LogP) is 1.97. The van der Waals surface area contributed by atoms with E-state index in [2.05, 4.69) is 13.8 Å². The molecule has 0 radical (unpaired) electrons. The molecule has 13 heavy (non-hydrogen) atoms. The lowest BCUT2D eigenvalue weighted by Gasteiger charge is -2.36. The largest absolute Gasteiger partial charge is 0.303 e. The number of rotatable bonds is 1. The molecule has 0 aliphatic heterocycles. The summed E-state index contributed by atoms with van der Waals surface area (Å²) in [6, 6.07) is 0. The average molecular weight is 180 g/mol. The van der Waals surface area contributed by atoms with Crippen LogP contribution in [0, 0.1) is 16.2 Å². The highest BCUT2D eigenvalue weighted by atomic mass is 16.1. The van der Waals surface area contributed by atoms with E-state index in [1.807, 2.05) is 6.92 Å². The van der Waals surface area contributed by atoms with Crippen LogP contribution in [0.2, 0.25) is 0 Å². The van der Waals surface area contributed by atoms with Crippen LogP contribution in [0.1, 0.15) is 40.0 Å². The Kier molecular flexibility index (Phi) is 1.40. The lowest BCUT2D eigenvalue weighted by molar-refractivity contribution is -0.128. The van der Waals surface area contributed by atoms with Gasteiger partial charge in [-0.15, -0.1) is 0 Å². The van der Waals surface area contributed by atoms with E-state index in [9.17, 15) is 9.59 Å². The van der Waals surface area contributed by atoms with Gasteiger partial charge >= 0.3 is 0 Å². The minimum Gasteiger partial charge on any atom is -0.303 e. The van der Waals surface area contributed by atoms with Crippen molar-refractivity contribution in [1.82, 2.24) is 0 Å². The van der Waals surface area contributed by atoms with Gasteiger partial charge in [-0.3, -0.25) is 4.79 Å². The molecule has 0 aromatic carbocycles. The van der Waals surface area contributed by atoms with Crippen LogP contribution in [0.4, 0.5) is 0 Å². The third kappa shape index (κ3) is 0.673. The van der Waals surface area contributed by atoms with Crippen molar-refractivity contribution in [2.24, 2.45) is 16.2 Å². The number of carbonyl (C=O) groups excluding carboxylic acids is 2. The molecule has 0 aromatic rings. The van der Waals surface area contributed by atoms with Crippen LogP contribution in [-0.2, 0) is 9.59 Å². The molecule has 2 fully saturated rings. The molecule has 0 N–H and O–H groups in total. The smallest absolute Gasteiger partial charge is 0.140 e. The quantitative estimate of drug-likeness (QED) is 0.578. The minimum atomic E-state index is -0.348. The number of aldehydes is 1. The van der Waals surface area contributed by atoms with E-state index in [1.165, 1.54) is 0 Å². The summed E-state index contributed by atoms with van der Waals surface area (Å²) in [5, 5.41) is 0. The SMILES string of the molecule is CC12CCC(C=O)(CC1=O)C2(C)C. The van der Waals surface area contributed by atoms with Gasteiger partial charge in [0.05, 0.1) is 0 Å². The first kappa shape index (κ1) is 8.92. The Bertz CT molecular complexity index is 292. The van der Waals surface area contributed by atoms with Gasteiger partial charge in [0.1, 0.15) is 12.1 Å². The normalized spacial score (nSPS) is 46.8. The summed E-state index contributed by atoms with van der Waals surface area (Å²) in [5.41, 5.74) is -0.731. The topological polar surface area (TPSA) is 34.1 Å². The molecule has 2 saturated carbocycles. The number of fused-ring (bicyclic) bond motifs is 2. The van der Waals surface area contributed by atoms with Crippen LogP contribution in [0.15, 0.2) is 0 Å². The molecule has 0 amide bonds. The first-order chi connectivity index (χ1) is 5.90. The number of carbonyl (C=O) groups is 2. The molecule has 2 nitrogen and oxygen atoms in total. The van der Waals surface area contributed by atoms with Crippen LogP contribution >= 0.6 is 0 Å². The zero-order valence-electron chi connectivity index (χ0n) is 8.52. The maximum Gasteiger partial charge on any atom is 0.140 e. The van der Waals surface area contributed by atoms with Crippen molar-refractivity contribution in [2.45, 2.75) is 40.0 Å². The molecule has 72 valence electrons. The molecule has 2 aliphatic carbocycles. The summed E-state index contributed by atoms with van der Waals surface area (Å²) >= 11 is 0. The molecule has 2 unspecified atom stereocenters. The number of Topliss-reactive ketones (excluding diaryl/α,β-unsaturated/α-hetero) is 1. The van der Waals surface area contributed by atoms with Gasteiger partial charge in [0.25, 0.3) is 0 Å². The van der Waals surface area contributed by atoms with Crippen molar-refractivity contribution >= 4 is 12.1 Å². The Morgan fingerprint density at radius 1 is 1.23 bits per heavy atom. The summed E-state index contributed by atoms with van der Waals surface area (Å²) in [6.45, 7) is 6.16. The highest BCUT2D eigenvalue weighted by Gasteiger charge is 2.69. The molecule has 0 aromatic heterocycles. The Labute approximate surface area is 78.7 Å². The molecule has 0 spiro atoms. The average Bonchev–Trinajstić information content (AvgIpc) is 2.34. The van der Waals surface area contributed by atoms with Crippen molar-refractivity contribution in [3.8, 4) is 0 Å². The second-order valence-corrected chi connectivity index (χ2v) is 5.33.